The average molecular weight is 177 g/mol. The van der Waals surface area contributed by atoms with Crippen molar-refractivity contribution in [3.05, 3.63) is 23.8 Å². The Hall–Kier alpha value is -1.51. The van der Waals surface area contributed by atoms with Crippen LogP contribution in [0, 0.1) is 0 Å². The Labute approximate surface area is 76.7 Å². The number of carbonyl (C=O) groups excluding carboxylic acids is 1. The summed E-state index contributed by atoms with van der Waals surface area (Å²) in [5, 5.41) is 3.18. The Bertz CT molecular complexity index is 347. The van der Waals surface area contributed by atoms with Crippen molar-refractivity contribution in [2.24, 2.45) is 0 Å². The minimum atomic E-state index is 0.0422. The highest BCUT2D eigenvalue weighted by Crippen LogP contribution is 2.31. The lowest BCUT2D eigenvalue weighted by atomic mass is 10.1. The molecular weight excluding hydrogens is 166 g/mol. The van der Waals surface area contributed by atoms with Crippen LogP contribution in [0.2, 0.25) is 0 Å². The summed E-state index contributed by atoms with van der Waals surface area (Å²) in [4.78, 5) is 11.2. The molecule has 68 valence electrons. The van der Waals surface area contributed by atoms with E-state index in [9.17, 15) is 4.79 Å². The quantitative estimate of drug-likeness (QED) is 0.663. The Balaban J connectivity index is 2.52. The Morgan fingerprint density at radius 3 is 3.15 bits per heavy atom. The van der Waals surface area contributed by atoms with E-state index in [0.717, 1.165) is 12.2 Å². The Kier molecular flexibility index (Phi) is 1.93. The lowest BCUT2D eigenvalue weighted by molar-refractivity contribution is 0.101. The molecule has 0 fully saturated rings. The van der Waals surface area contributed by atoms with Gasteiger partial charge in [-0.1, -0.05) is 6.07 Å². The van der Waals surface area contributed by atoms with Crippen molar-refractivity contribution in [2.45, 2.75) is 6.92 Å². The zero-order valence-corrected chi connectivity index (χ0v) is 7.46. The van der Waals surface area contributed by atoms with Gasteiger partial charge < -0.3 is 10.1 Å². The number of Topliss-reactive ketones (excluding diaryl/α,β-unsaturated/α-hetero) is 1. The van der Waals surface area contributed by atoms with E-state index in [1.807, 2.05) is 12.1 Å². The van der Waals surface area contributed by atoms with Crippen molar-refractivity contribution in [2.75, 3.05) is 18.5 Å². The first kappa shape index (κ1) is 8.10. The van der Waals surface area contributed by atoms with Gasteiger partial charge in [0.25, 0.3) is 0 Å². The van der Waals surface area contributed by atoms with Gasteiger partial charge >= 0.3 is 0 Å². The highest BCUT2D eigenvalue weighted by Gasteiger charge is 2.15. The normalized spacial score (nSPS) is 13.9. The summed E-state index contributed by atoms with van der Waals surface area (Å²) in [6, 6.07) is 5.56. The Morgan fingerprint density at radius 1 is 1.54 bits per heavy atom. The fourth-order valence-electron chi connectivity index (χ4n) is 1.45. The van der Waals surface area contributed by atoms with Crippen molar-refractivity contribution in [1.82, 2.24) is 0 Å². The molecule has 1 aromatic carbocycles. The summed E-state index contributed by atoms with van der Waals surface area (Å²) in [5.74, 6) is 0.738. The molecule has 0 atom stereocenters. The standard InChI is InChI=1S/C10H11NO2/c1-7(12)8-3-2-4-9-10(8)13-6-5-11-9/h2-4,11H,5-6H2,1H3. The topological polar surface area (TPSA) is 38.3 Å². The number of ether oxygens (including phenoxy) is 1. The maximum atomic E-state index is 11.2. The number of carbonyl (C=O) groups is 1. The van der Waals surface area contributed by atoms with Crippen molar-refractivity contribution in [3.63, 3.8) is 0 Å². The maximum absolute atomic E-state index is 11.2. The van der Waals surface area contributed by atoms with Gasteiger partial charge in [-0.2, -0.15) is 0 Å². The van der Waals surface area contributed by atoms with E-state index < -0.39 is 0 Å². The van der Waals surface area contributed by atoms with Crippen LogP contribution < -0.4 is 10.1 Å². The average Bonchev–Trinajstić information content (AvgIpc) is 2.17. The predicted molar refractivity (Wildman–Crippen MR) is 50.4 cm³/mol. The molecule has 1 aliphatic rings. The van der Waals surface area contributed by atoms with Crippen molar-refractivity contribution in [1.29, 1.82) is 0 Å². The molecule has 0 saturated carbocycles. The zero-order valence-electron chi connectivity index (χ0n) is 7.46. The van der Waals surface area contributed by atoms with E-state index in [1.54, 1.807) is 13.0 Å². The van der Waals surface area contributed by atoms with Gasteiger partial charge in [-0.15, -0.1) is 0 Å². The second kappa shape index (κ2) is 3.09. The molecule has 0 aliphatic carbocycles. The number of nitrogens with one attached hydrogen (secondary N) is 1. The molecule has 3 heteroatoms. The number of fused-ring (bicyclic) bond motifs is 1. The van der Waals surface area contributed by atoms with Crippen LogP contribution in [0.25, 0.3) is 0 Å². The zero-order chi connectivity index (χ0) is 9.26. The molecule has 0 bridgehead atoms. The van der Waals surface area contributed by atoms with Crippen LogP contribution in [0.5, 0.6) is 5.75 Å². The molecule has 1 N–H and O–H groups in total. The molecule has 3 nitrogen and oxygen atoms in total. The first-order valence-electron chi connectivity index (χ1n) is 4.29. The van der Waals surface area contributed by atoms with Crippen LogP contribution in [0.4, 0.5) is 5.69 Å². The maximum Gasteiger partial charge on any atom is 0.163 e. The van der Waals surface area contributed by atoms with Gasteiger partial charge in [0.15, 0.2) is 11.5 Å². The van der Waals surface area contributed by atoms with Gasteiger partial charge in [0.2, 0.25) is 0 Å². The number of hydrogen-bond donors (Lipinski definition) is 1. The largest absolute Gasteiger partial charge is 0.489 e. The minimum absolute atomic E-state index is 0.0422. The van der Waals surface area contributed by atoms with E-state index in [1.165, 1.54) is 0 Å². The van der Waals surface area contributed by atoms with E-state index in [-0.39, 0.29) is 5.78 Å². The molecule has 0 amide bonds. The molecule has 0 aromatic heterocycles. The van der Waals surface area contributed by atoms with Gasteiger partial charge in [0, 0.05) is 6.54 Å². The van der Waals surface area contributed by atoms with Crippen molar-refractivity contribution in [3.8, 4) is 5.75 Å². The predicted octanol–water partition coefficient (Wildman–Crippen LogP) is 1.69. The van der Waals surface area contributed by atoms with Crippen LogP contribution >= 0.6 is 0 Å². The molecule has 2 rings (SSSR count). The van der Waals surface area contributed by atoms with Crippen LogP contribution in [-0.2, 0) is 0 Å². The smallest absolute Gasteiger partial charge is 0.163 e. The van der Waals surface area contributed by atoms with Crippen molar-refractivity contribution >= 4 is 11.5 Å². The van der Waals surface area contributed by atoms with E-state index in [4.69, 9.17) is 4.74 Å². The third-order valence-corrected chi connectivity index (χ3v) is 2.06. The summed E-state index contributed by atoms with van der Waals surface area (Å²) in [6.45, 7) is 2.97. The van der Waals surface area contributed by atoms with Crippen molar-refractivity contribution < 1.29 is 9.53 Å². The van der Waals surface area contributed by atoms with Gasteiger partial charge in [-0.05, 0) is 19.1 Å². The van der Waals surface area contributed by atoms with Crippen LogP contribution in [0.15, 0.2) is 18.2 Å². The van der Waals surface area contributed by atoms with Gasteiger partial charge in [0.05, 0.1) is 11.3 Å². The van der Waals surface area contributed by atoms with E-state index >= 15 is 0 Å². The fourth-order valence-corrected chi connectivity index (χ4v) is 1.45. The van der Waals surface area contributed by atoms with Crippen LogP contribution in [0.3, 0.4) is 0 Å². The summed E-state index contributed by atoms with van der Waals surface area (Å²) in [6.07, 6.45) is 0. The highest BCUT2D eigenvalue weighted by molar-refractivity contribution is 5.98. The highest BCUT2D eigenvalue weighted by atomic mass is 16.5. The molecule has 13 heavy (non-hydrogen) atoms. The number of ketones is 1. The van der Waals surface area contributed by atoms with Crippen LogP contribution in [0.1, 0.15) is 17.3 Å². The lowest BCUT2D eigenvalue weighted by Gasteiger charge is -2.20. The summed E-state index contributed by atoms with van der Waals surface area (Å²) >= 11 is 0. The number of para-hydroxylation sites is 1. The lowest BCUT2D eigenvalue weighted by Crippen LogP contribution is -2.19. The molecule has 1 aromatic rings. The first-order valence-corrected chi connectivity index (χ1v) is 4.29. The molecule has 0 unspecified atom stereocenters. The monoisotopic (exact) mass is 177 g/mol. The van der Waals surface area contributed by atoms with E-state index in [2.05, 4.69) is 5.32 Å². The fraction of sp³-hybridized carbons (Fsp3) is 0.300. The summed E-state index contributed by atoms with van der Waals surface area (Å²) in [7, 11) is 0. The minimum Gasteiger partial charge on any atom is -0.489 e. The summed E-state index contributed by atoms with van der Waals surface area (Å²) < 4.78 is 5.43. The molecule has 1 aliphatic heterocycles. The van der Waals surface area contributed by atoms with Gasteiger partial charge in [0.1, 0.15) is 6.61 Å². The number of benzene rings is 1. The molecule has 0 saturated heterocycles. The second-order valence-electron chi connectivity index (χ2n) is 3.01. The summed E-state index contributed by atoms with van der Waals surface area (Å²) in [5.41, 5.74) is 1.57. The van der Waals surface area contributed by atoms with Gasteiger partial charge in [-0.3, -0.25) is 4.79 Å². The molecule has 0 spiro atoms. The first-order chi connectivity index (χ1) is 6.29. The van der Waals surface area contributed by atoms with E-state index in [0.29, 0.717) is 17.9 Å². The SMILES string of the molecule is CC(=O)c1cccc2c1OCCN2. The number of hydrogen-bond acceptors (Lipinski definition) is 3. The third-order valence-electron chi connectivity index (χ3n) is 2.06. The molecule has 0 radical (unpaired) electrons. The molecular formula is C10H11NO2. The second-order valence-corrected chi connectivity index (χ2v) is 3.01. The number of anilines is 1. The number of rotatable bonds is 1. The third kappa shape index (κ3) is 1.37. The Morgan fingerprint density at radius 2 is 2.38 bits per heavy atom. The molecule has 1 heterocycles. The van der Waals surface area contributed by atoms with Gasteiger partial charge in [-0.25, -0.2) is 0 Å². The van der Waals surface area contributed by atoms with Crippen LogP contribution in [-0.4, -0.2) is 18.9 Å².